The van der Waals surface area contributed by atoms with E-state index in [1.807, 2.05) is 41.7 Å². The van der Waals surface area contributed by atoms with Gasteiger partial charge in [-0.2, -0.15) is 0 Å². The van der Waals surface area contributed by atoms with E-state index < -0.39 is 10.8 Å². The highest BCUT2D eigenvalue weighted by molar-refractivity contribution is 8.00. The second-order valence-electron chi connectivity index (χ2n) is 30.6. The van der Waals surface area contributed by atoms with Crippen molar-refractivity contribution in [2.75, 3.05) is 0 Å². The maximum absolute atomic E-state index is 5.51. The molecule has 4 aliphatic rings. The third-order valence-electron chi connectivity index (χ3n) is 24.5. The molecular weight excluding hydrogens is 1460 g/mol. The smallest absolute Gasteiger partial charge is 0.164 e. The average molecular weight is 1520 g/mol. The molecule has 20 aromatic rings. The number of para-hydroxylation sites is 2. The zero-order valence-electron chi connectivity index (χ0n) is 63.0. The van der Waals surface area contributed by atoms with Gasteiger partial charge in [0.15, 0.2) is 34.9 Å². The van der Waals surface area contributed by atoms with E-state index in [0.717, 1.165) is 88.7 Å². The first kappa shape index (κ1) is 67.1. The summed E-state index contributed by atoms with van der Waals surface area (Å²) in [6.45, 7) is 0. The summed E-state index contributed by atoms with van der Waals surface area (Å²) < 4.78 is 2.35. The molecule has 0 unspecified atom stereocenters. The van der Waals surface area contributed by atoms with Gasteiger partial charge in [0.2, 0.25) is 0 Å². The fourth-order valence-corrected chi connectivity index (χ4v) is 21.9. The van der Waals surface area contributed by atoms with E-state index in [0.29, 0.717) is 34.9 Å². The predicted octanol–water partition coefficient (Wildman–Crippen LogP) is 27.0. The van der Waals surface area contributed by atoms with Gasteiger partial charge < -0.3 is 4.57 Å². The third-order valence-corrected chi connectivity index (χ3v) is 26.9. The molecule has 2 spiro atoms. The first-order valence-electron chi connectivity index (χ1n) is 39.7. The molecule has 3 aromatic heterocycles. The zero-order chi connectivity index (χ0) is 76.9. The van der Waals surface area contributed by atoms with Crippen LogP contribution in [0.1, 0.15) is 44.5 Å². The van der Waals surface area contributed by atoms with Crippen LogP contribution in [0.4, 0.5) is 0 Å². The van der Waals surface area contributed by atoms with Gasteiger partial charge in [-0.25, -0.2) is 29.9 Å². The molecule has 0 fully saturated rings. The van der Waals surface area contributed by atoms with Crippen LogP contribution in [0.25, 0.3) is 162 Å². The minimum absolute atomic E-state index is 0.475. The lowest BCUT2D eigenvalue weighted by molar-refractivity contribution is 0.722. The Balaban J connectivity index is 0.612. The Morgan fingerprint density at radius 3 is 1.11 bits per heavy atom. The van der Waals surface area contributed by atoms with Crippen molar-refractivity contribution < 1.29 is 0 Å². The highest BCUT2D eigenvalue weighted by Crippen LogP contribution is 2.65. The van der Waals surface area contributed by atoms with Gasteiger partial charge in [0, 0.05) is 69.4 Å². The monoisotopic (exact) mass is 1520 g/mol. The zero-order valence-corrected chi connectivity index (χ0v) is 64.6. The molecule has 0 atom stereocenters. The fraction of sp³-hybridized carbons (Fsp3) is 0.0185. The molecule has 0 radical (unpaired) electrons. The van der Waals surface area contributed by atoms with Crippen molar-refractivity contribution in [2.45, 2.75) is 30.4 Å². The molecule has 17 aromatic carbocycles. The van der Waals surface area contributed by atoms with Crippen LogP contribution in [0.2, 0.25) is 0 Å². The van der Waals surface area contributed by atoms with Gasteiger partial charge in [-0.05, 0) is 184 Å². The van der Waals surface area contributed by atoms with E-state index in [4.69, 9.17) is 29.9 Å². The van der Waals surface area contributed by atoms with Crippen LogP contribution in [-0.4, -0.2) is 34.5 Å². The fourth-order valence-electron chi connectivity index (χ4n) is 19.4. The molecule has 5 heterocycles. The quantitative estimate of drug-likeness (QED) is 0.134. The van der Waals surface area contributed by atoms with Gasteiger partial charge in [0.05, 0.1) is 21.9 Å². The summed E-state index contributed by atoms with van der Waals surface area (Å²) in [5, 5.41) is 4.52. The summed E-state index contributed by atoms with van der Waals surface area (Å²) in [5.41, 5.74) is 29.7. The molecule has 2 aliphatic heterocycles. The van der Waals surface area contributed by atoms with Crippen molar-refractivity contribution in [3.05, 3.63) is 439 Å². The van der Waals surface area contributed by atoms with Crippen molar-refractivity contribution in [3.63, 3.8) is 0 Å². The summed E-state index contributed by atoms with van der Waals surface area (Å²) in [4.78, 5) is 37.5. The van der Waals surface area contributed by atoms with E-state index in [-0.39, 0.29) is 0 Å². The van der Waals surface area contributed by atoms with Crippen LogP contribution in [0.3, 0.4) is 0 Å². The number of hydrogen-bond acceptors (Lipinski definition) is 8. The number of rotatable bonds is 10. The summed E-state index contributed by atoms with van der Waals surface area (Å²) in [5.74, 6) is 3.52. The SMILES string of the molecule is c1ccc(-c2nc(-c3ccc(-c4cccc5c4Sc4ccccc4C54c5ccccc5-c5ccccc54)cc3)nc(-c3ccc(-c4ccccc4)c4cc(-c5ccc(-c6nc(-c7ccc(-n8c9ccccc9c9ccccc98)cc7)nc(-c7ccc8c(c7)C7(c9ccccc9S8)c8ccccc8-c8ccccc87)n6)cc5)ccc34)n2)cc1. The third kappa shape index (κ3) is 10.3. The molecule has 0 amide bonds. The second kappa shape index (κ2) is 26.6. The Labute approximate surface area is 684 Å². The molecule has 0 saturated carbocycles. The molecule has 0 saturated heterocycles. The molecular formula is C108H65N7S2. The minimum atomic E-state index is -0.580. The van der Waals surface area contributed by atoms with Crippen LogP contribution in [0, 0.1) is 0 Å². The summed E-state index contributed by atoms with van der Waals surface area (Å²) >= 11 is 3.71. The van der Waals surface area contributed by atoms with E-state index in [9.17, 15) is 0 Å². The summed E-state index contributed by atoms with van der Waals surface area (Å²) in [7, 11) is 0. The molecule has 0 bridgehead atoms. The lowest BCUT2D eigenvalue weighted by atomic mass is 9.67. The van der Waals surface area contributed by atoms with Crippen LogP contribution in [0.15, 0.2) is 414 Å². The maximum Gasteiger partial charge on any atom is 0.164 e. The molecule has 0 N–H and O–H groups in total. The first-order chi connectivity index (χ1) is 58.0. The van der Waals surface area contributed by atoms with Gasteiger partial charge >= 0.3 is 0 Å². The standard InChI is InChI=1S/C108H65N7S2/c1-3-24-67(25-4-1)76-61-62-85(106-113-101(69-26-5-2-6-27-69)109-104(114-106)71-52-48-68(49-53-71)77-34-23-41-93-100(77)117-98-45-22-18-40-92(98)107(93)87-35-13-7-28-79(87)80-29-8-14-36-88(80)107)78-60-56-73(64-86(76)78)66-46-50-70(51-47-66)102-110-103(72-54-58-75(59-55-72)115-95-42-19-11-32-83(95)84-33-12-20-43-96(84)115)112-105(111-102)74-57-63-99-94(65-74)108(91-39-17-21-44-97(91)116-99)89-37-15-9-30-81(89)82-31-10-16-38-90(82)108/h1-65H. The van der Waals surface area contributed by atoms with E-state index in [1.165, 1.54) is 103 Å². The van der Waals surface area contributed by atoms with Crippen LogP contribution in [0.5, 0.6) is 0 Å². The van der Waals surface area contributed by atoms with Crippen molar-refractivity contribution in [1.82, 2.24) is 34.5 Å². The van der Waals surface area contributed by atoms with E-state index in [1.54, 1.807) is 0 Å². The number of nitrogens with zero attached hydrogens (tertiary/aromatic N) is 7. The average Bonchev–Trinajstić information content (AvgIpc) is 1.55. The number of aromatic nitrogens is 7. The molecule has 7 nitrogen and oxygen atoms in total. The molecule has 2 aliphatic carbocycles. The lowest BCUT2D eigenvalue weighted by Gasteiger charge is -2.40. The van der Waals surface area contributed by atoms with Crippen LogP contribution < -0.4 is 0 Å². The highest BCUT2D eigenvalue weighted by Gasteiger charge is 2.52. The number of fused-ring (bicyclic) bond motifs is 22. The van der Waals surface area contributed by atoms with E-state index in [2.05, 4.69) is 381 Å². The van der Waals surface area contributed by atoms with Gasteiger partial charge in [0.25, 0.3) is 0 Å². The molecule has 117 heavy (non-hydrogen) atoms. The number of benzene rings is 17. The Kier molecular flexibility index (Phi) is 15.2. The van der Waals surface area contributed by atoms with Crippen LogP contribution in [-0.2, 0) is 10.8 Å². The van der Waals surface area contributed by atoms with Crippen molar-refractivity contribution in [1.29, 1.82) is 0 Å². The Morgan fingerprint density at radius 1 is 0.188 bits per heavy atom. The summed E-state index contributed by atoms with van der Waals surface area (Å²) in [6, 6.07) is 143. The molecule has 24 rings (SSSR count). The van der Waals surface area contributed by atoms with Crippen molar-refractivity contribution >= 4 is 56.1 Å². The van der Waals surface area contributed by atoms with Gasteiger partial charge in [-0.1, -0.05) is 345 Å². The largest absolute Gasteiger partial charge is 0.309 e. The lowest BCUT2D eigenvalue weighted by Crippen LogP contribution is -2.32. The van der Waals surface area contributed by atoms with Crippen molar-refractivity contribution in [3.8, 4) is 130 Å². The minimum Gasteiger partial charge on any atom is -0.309 e. The summed E-state index contributed by atoms with van der Waals surface area (Å²) in [6.07, 6.45) is 0. The van der Waals surface area contributed by atoms with Crippen molar-refractivity contribution in [2.24, 2.45) is 0 Å². The van der Waals surface area contributed by atoms with E-state index >= 15 is 0 Å². The highest BCUT2D eigenvalue weighted by atomic mass is 32.2. The second-order valence-corrected chi connectivity index (χ2v) is 32.7. The normalized spacial score (nSPS) is 13.4. The van der Waals surface area contributed by atoms with Gasteiger partial charge in [-0.3, -0.25) is 0 Å². The molecule has 9 heteroatoms. The van der Waals surface area contributed by atoms with Crippen LogP contribution >= 0.6 is 23.5 Å². The predicted molar refractivity (Wildman–Crippen MR) is 477 cm³/mol. The van der Waals surface area contributed by atoms with Gasteiger partial charge in [0.1, 0.15) is 0 Å². The topological polar surface area (TPSA) is 82.3 Å². The Bertz CT molecular complexity index is 7360. The Hall–Kier alpha value is -14.5. The first-order valence-corrected chi connectivity index (χ1v) is 41.3. The Morgan fingerprint density at radius 2 is 0.556 bits per heavy atom. The maximum atomic E-state index is 5.51. The number of hydrogen-bond donors (Lipinski definition) is 0. The molecule has 544 valence electrons. The van der Waals surface area contributed by atoms with Gasteiger partial charge in [-0.15, -0.1) is 0 Å².